The van der Waals surface area contributed by atoms with Gasteiger partial charge in [-0.25, -0.2) is 4.79 Å². The van der Waals surface area contributed by atoms with E-state index in [2.05, 4.69) is 16.4 Å². The van der Waals surface area contributed by atoms with Gasteiger partial charge in [0.25, 0.3) is 0 Å². The average Bonchev–Trinajstić information content (AvgIpc) is 2.84. The SMILES string of the molecule is Cc1cccc2c1nnn2C(=O)N1CC=CCC1. The van der Waals surface area contributed by atoms with E-state index in [1.165, 1.54) is 4.68 Å². The molecule has 92 valence electrons. The van der Waals surface area contributed by atoms with Crippen molar-refractivity contribution in [1.82, 2.24) is 19.9 Å². The molecule has 0 spiro atoms. The predicted octanol–water partition coefficient (Wildman–Crippen LogP) is 1.97. The van der Waals surface area contributed by atoms with E-state index in [0.29, 0.717) is 6.54 Å². The molecule has 2 aromatic rings. The van der Waals surface area contributed by atoms with Crippen LogP contribution in [0.3, 0.4) is 0 Å². The van der Waals surface area contributed by atoms with Crippen LogP contribution in [0.2, 0.25) is 0 Å². The number of nitrogens with zero attached hydrogens (tertiary/aromatic N) is 4. The molecule has 0 saturated carbocycles. The van der Waals surface area contributed by atoms with Gasteiger partial charge in [0.2, 0.25) is 0 Å². The molecule has 18 heavy (non-hydrogen) atoms. The lowest BCUT2D eigenvalue weighted by molar-refractivity contribution is 0.201. The number of carbonyl (C=O) groups is 1. The Labute approximate surface area is 105 Å². The lowest BCUT2D eigenvalue weighted by atomic mass is 10.2. The molecule has 5 heteroatoms. The summed E-state index contributed by atoms with van der Waals surface area (Å²) in [6.07, 6.45) is 5.00. The fourth-order valence-electron chi connectivity index (χ4n) is 2.17. The van der Waals surface area contributed by atoms with Gasteiger partial charge in [-0.15, -0.1) is 5.10 Å². The monoisotopic (exact) mass is 242 g/mol. The molecule has 1 aromatic heterocycles. The van der Waals surface area contributed by atoms with Crippen LogP contribution >= 0.6 is 0 Å². The number of aryl methyl sites for hydroxylation is 1. The molecule has 0 unspecified atom stereocenters. The van der Waals surface area contributed by atoms with E-state index >= 15 is 0 Å². The van der Waals surface area contributed by atoms with Crippen LogP contribution in [0.15, 0.2) is 30.4 Å². The van der Waals surface area contributed by atoms with Crippen LogP contribution in [0.4, 0.5) is 4.79 Å². The second-order valence-corrected chi connectivity index (χ2v) is 4.43. The zero-order valence-electron chi connectivity index (χ0n) is 10.2. The van der Waals surface area contributed by atoms with E-state index < -0.39 is 0 Å². The first-order chi connectivity index (χ1) is 8.77. The number of hydrogen-bond acceptors (Lipinski definition) is 3. The Hall–Kier alpha value is -2.17. The minimum atomic E-state index is -0.104. The highest BCUT2D eigenvalue weighted by Crippen LogP contribution is 2.16. The molecular formula is C13H14N4O. The molecule has 3 rings (SSSR count). The van der Waals surface area contributed by atoms with E-state index in [9.17, 15) is 4.79 Å². The maximum Gasteiger partial charge on any atom is 0.346 e. The van der Waals surface area contributed by atoms with E-state index in [4.69, 9.17) is 0 Å². The van der Waals surface area contributed by atoms with Crippen LogP contribution in [-0.4, -0.2) is 39.0 Å². The summed E-state index contributed by atoms with van der Waals surface area (Å²) in [5.74, 6) is 0. The first-order valence-electron chi connectivity index (χ1n) is 6.02. The second-order valence-electron chi connectivity index (χ2n) is 4.43. The van der Waals surface area contributed by atoms with Crippen LogP contribution in [0, 0.1) is 6.92 Å². The van der Waals surface area contributed by atoms with Crippen molar-refractivity contribution in [2.24, 2.45) is 0 Å². The summed E-state index contributed by atoms with van der Waals surface area (Å²) in [5, 5.41) is 8.06. The fraction of sp³-hybridized carbons (Fsp3) is 0.308. The number of benzene rings is 1. The standard InChI is InChI=1S/C13H14N4O/c1-10-6-5-7-11-12(10)14-15-17(11)13(18)16-8-3-2-4-9-16/h2-3,5-7H,4,8-9H2,1H3. The number of aromatic nitrogens is 3. The maximum atomic E-state index is 12.3. The van der Waals surface area contributed by atoms with Gasteiger partial charge < -0.3 is 4.90 Å². The summed E-state index contributed by atoms with van der Waals surface area (Å²) in [6, 6.07) is 5.66. The number of hydrogen-bond donors (Lipinski definition) is 0. The third-order valence-corrected chi connectivity index (χ3v) is 3.19. The number of amides is 1. The van der Waals surface area contributed by atoms with E-state index in [-0.39, 0.29) is 6.03 Å². The molecule has 1 aliphatic heterocycles. The van der Waals surface area contributed by atoms with Gasteiger partial charge in [-0.3, -0.25) is 0 Å². The molecular weight excluding hydrogens is 228 g/mol. The molecule has 0 saturated heterocycles. The zero-order valence-corrected chi connectivity index (χ0v) is 10.2. The van der Waals surface area contributed by atoms with Crippen molar-refractivity contribution in [3.63, 3.8) is 0 Å². The van der Waals surface area contributed by atoms with Gasteiger partial charge in [-0.2, -0.15) is 4.68 Å². The normalized spacial score (nSPS) is 15.3. The fourth-order valence-corrected chi connectivity index (χ4v) is 2.17. The minimum Gasteiger partial charge on any atom is -0.319 e. The van der Waals surface area contributed by atoms with Gasteiger partial charge in [0.1, 0.15) is 5.52 Å². The predicted molar refractivity (Wildman–Crippen MR) is 68.4 cm³/mol. The van der Waals surface area contributed by atoms with Gasteiger partial charge in [0.05, 0.1) is 5.52 Å². The highest BCUT2D eigenvalue weighted by molar-refractivity contribution is 5.89. The smallest absolute Gasteiger partial charge is 0.319 e. The Kier molecular flexibility index (Phi) is 2.59. The minimum absolute atomic E-state index is 0.104. The number of rotatable bonds is 0. The Morgan fingerprint density at radius 1 is 1.33 bits per heavy atom. The molecule has 1 aromatic carbocycles. The highest BCUT2D eigenvalue weighted by atomic mass is 16.2. The van der Waals surface area contributed by atoms with Crippen molar-refractivity contribution >= 4 is 17.1 Å². The van der Waals surface area contributed by atoms with Gasteiger partial charge in [-0.05, 0) is 25.0 Å². The Bertz CT molecular complexity index is 629. The first kappa shape index (κ1) is 11.0. The third kappa shape index (κ3) is 1.68. The van der Waals surface area contributed by atoms with Crippen LogP contribution < -0.4 is 0 Å². The molecule has 0 N–H and O–H groups in total. The molecule has 0 fully saturated rings. The maximum absolute atomic E-state index is 12.3. The molecule has 1 amide bonds. The van der Waals surface area contributed by atoms with Crippen LogP contribution in [-0.2, 0) is 0 Å². The first-order valence-corrected chi connectivity index (χ1v) is 6.02. The number of fused-ring (bicyclic) bond motifs is 1. The summed E-state index contributed by atoms with van der Waals surface area (Å²) in [5.41, 5.74) is 2.60. The lowest BCUT2D eigenvalue weighted by Crippen LogP contribution is -2.37. The van der Waals surface area contributed by atoms with Crippen molar-refractivity contribution < 1.29 is 4.79 Å². The molecule has 0 atom stereocenters. The quantitative estimate of drug-likeness (QED) is 0.664. The summed E-state index contributed by atoms with van der Waals surface area (Å²) in [7, 11) is 0. The number of carbonyl (C=O) groups excluding carboxylic acids is 1. The molecule has 0 radical (unpaired) electrons. The summed E-state index contributed by atoms with van der Waals surface area (Å²) < 4.78 is 1.39. The van der Waals surface area contributed by atoms with Gasteiger partial charge in [-0.1, -0.05) is 29.5 Å². The summed E-state index contributed by atoms with van der Waals surface area (Å²) >= 11 is 0. The van der Waals surface area contributed by atoms with Crippen molar-refractivity contribution in [2.75, 3.05) is 13.1 Å². The van der Waals surface area contributed by atoms with Crippen LogP contribution in [0.1, 0.15) is 12.0 Å². The van der Waals surface area contributed by atoms with Crippen molar-refractivity contribution in [3.05, 3.63) is 35.9 Å². The summed E-state index contributed by atoms with van der Waals surface area (Å²) in [6.45, 7) is 3.35. The van der Waals surface area contributed by atoms with Gasteiger partial charge in [0.15, 0.2) is 0 Å². The topological polar surface area (TPSA) is 51.0 Å². The largest absolute Gasteiger partial charge is 0.346 e. The Morgan fingerprint density at radius 2 is 2.22 bits per heavy atom. The van der Waals surface area contributed by atoms with Crippen LogP contribution in [0.25, 0.3) is 11.0 Å². The van der Waals surface area contributed by atoms with E-state index in [1.54, 1.807) is 4.90 Å². The van der Waals surface area contributed by atoms with E-state index in [1.807, 2.05) is 31.2 Å². The summed E-state index contributed by atoms with van der Waals surface area (Å²) in [4.78, 5) is 14.1. The van der Waals surface area contributed by atoms with Crippen LogP contribution in [0.5, 0.6) is 0 Å². The van der Waals surface area contributed by atoms with Crippen molar-refractivity contribution in [2.45, 2.75) is 13.3 Å². The Morgan fingerprint density at radius 3 is 3.00 bits per heavy atom. The molecule has 1 aliphatic rings. The molecule has 0 aliphatic carbocycles. The van der Waals surface area contributed by atoms with Crippen molar-refractivity contribution in [3.8, 4) is 0 Å². The molecule has 5 nitrogen and oxygen atoms in total. The van der Waals surface area contributed by atoms with Gasteiger partial charge >= 0.3 is 6.03 Å². The van der Waals surface area contributed by atoms with Crippen molar-refractivity contribution in [1.29, 1.82) is 0 Å². The Balaban J connectivity index is 2.01. The van der Waals surface area contributed by atoms with Gasteiger partial charge in [0, 0.05) is 13.1 Å². The lowest BCUT2D eigenvalue weighted by Gasteiger charge is -2.22. The second kappa shape index (κ2) is 4.25. The highest BCUT2D eigenvalue weighted by Gasteiger charge is 2.19. The van der Waals surface area contributed by atoms with E-state index in [0.717, 1.165) is 29.6 Å². The zero-order chi connectivity index (χ0) is 12.5. The third-order valence-electron chi connectivity index (χ3n) is 3.19. The molecule has 0 bridgehead atoms. The average molecular weight is 242 g/mol. The molecule has 2 heterocycles.